The Bertz CT molecular complexity index is 427. The maximum Gasteiger partial charge on any atom is 0.274 e. The topological polar surface area (TPSA) is 55.2 Å². The van der Waals surface area contributed by atoms with Gasteiger partial charge < -0.3 is 5.32 Å². The molecular weight excluding hydrogens is 216 g/mol. The molecule has 0 bridgehead atoms. The zero-order chi connectivity index (χ0) is 12.4. The van der Waals surface area contributed by atoms with E-state index in [-0.39, 0.29) is 10.6 Å². The van der Waals surface area contributed by atoms with Crippen molar-refractivity contribution >= 4 is 11.4 Å². The molecule has 2 rings (SSSR count). The van der Waals surface area contributed by atoms with E-state index in [4.69, 9.17) is 0 Å². The van der Waals surface area contributed by atoms with E-state index < -0.39 is 0 Å². The monoisotopic (exact) mass is 234 g/mol. The van der Waals surface area contributed by atoms with Gasteiger partial charge in [0.05, 0.1) is 4.92 Å². The number of nitrogens with one attached hydrogen (secondary N) is 1. The van der Waals surface area contributed by atoms with Crippen LogP contribution in [0.3, 0.4) is 0 Å². The SMILES string of the molecule is Cc1c(NC(C)CC2CC2)cccc1[N+](=O)[O-]. The molecule has 1 aliphatic rings. The molecule has 4 heteroatoms. The Labute approximate surface area is 101 Å². The maximum atomic E-state index is 10.8. The molecule has 4 nitrogen and oxygen atoms in total. The van der Waals surface area contributed by atoms with Crippen LogP contribution in [0.25, 0.3) is 0 Å². The van der Waals surface area contributed by atoms with Crippen molar-refractivity contribution in [2.45, 2.75) is 39.2 Å². The maximum absolute atomic E-state index is 10.8. The Kier molecular flexibility index (Phi) is 3.31. The van der Waals surface area contributed by atoms with Crippen molar-refractivity contribution in [2.24, 2.45) is 5.92 Å². The van der Waals surface area contributed by atoms with E-state index in [0.717, 1.165) is 23.6 Å². The molecule has 1 aromatic rings. The lowest BCUT2D eigenvalue weighted by molar-refractivity contribution is -0.385. The second-order valence-electron chi connectivity index (χ2n) is 4.93. The minimum absolute atomic E-state index is 0.189. The fourth-order valence-electron chi connectivity index (χ4n) is 2.16. The van der Waals surface area contributed by atoms with Crippen LogP contribution in [0.15, 0.2) is 18.2 Å². The Morgan fingerprint density at radius 1 is 1.53 bits per heavy atom. The third kappa shape index (κ3) is 2.96. The van der Waals surface area contributed by atoms with Gasteiger partial charge in [-0.1, -0.05) is 18.9 Å². The zero-order valence-electron chi connectivity index (χ0n) is 10.3. The lowest BCUT2D eigenvalue weighted by Crippen LogP contribution is -2.16. The van der Waals surface area contributed by atoms with E-state index >= 15 is 0 Å². The summed E-state index contributed by atoms with van der Waals surface area (Å²) in [5.41, 5.74) is 1.79. The summed E-state index contributed by atoms with van der Waals surface area (Å²) in [6, 6.07) is 5.57. The van der Waals surface area contributed by atoms with Crippen molar-refractivity contribution < 1.29 is 4.92 Å². The molecule has 0 amide bonds. The molecule has 1 atom stereocenters. The number of rotatable bonds is 5. The van der Waals surface area contributed by atoms with Crippen LogP contribution in [0.2, 0.25) is 0 Å². The molecular formula is C13H18N2O2. The summed E-state index contributed by atoms with van der Waals surface area (Å²) in [5, 5.41) is 14.2. The molecule has 0 saturated heterocycles. The second kappa shape index (κ2) is 4.73. The van der Waals surface area contributed by atoms with Crippen molar-refractivity contribution in [3.8, 4) is 0 Å². The first-order valence-electron chi connectivity index (χ1n) is 6.08. The highest BCUT2D eigenvalue weighted by Gasteiger charge is 2.24. The van der Waals surface area contributed by atoms with Gasteiger partial charge in [-0.2, -0.15) is 0 Å². The van der Waals surface area contributed by atoms with Gasteiger partial charge in [-0.15, -0.1) is 0 Å². The van der Waals surface area contributed by atoms with Crippen LogP contribution >= 0.6 is 0 Å². The Morgan fingerprint density at radius 3 is 2.82 bits per heavy atom. The first-order chi connectivity index (χ1) is 8.08. The van der Waals surface area contributed by atoms with Crippen molar-refractivity contribution in [3.63, 3.8) is 0 Å². The minimum atomic E-state index is -0.327. The van der Waals surface area contributed by atoms with E-state index in [1.54, 1.807) is 19.1 Å². The zero-order valence-corrected chi connectivity index (χ0v) is 10.3. The predicted molar refractivity (Wildman–Crippen MR) is 68.3 cm³/mol. The lowest BCUT2D eigenvalue weighted by atomic mass is 10.1. The Balaban J connectivity index is 2.08. The molecule has 0 spiro atoms. The summed E-state index contributed by atoms with van der Waals surface area (Å²) in [4.78, 5) is 10.5. The van der Waals surface area contributed by atoms with E-state index in [1.807, 2.05) is 6.07 Å². The van der Waals surface area contributed by atoms with Gasteiger partial charge in [0.15, 0.2) is 0 Å². The van der Waals surface area contributed by atoms with Gasteiger partial charge in [0, 0.05) is 23.4 Å². The van der Waals surface area contributed by atoms with Crippen LogP contribution in [0, 0.1) is 23.0 Å². The highest BCUT2D eigenvalue weighted by atomic mass is 16.6. The van der Waals surface area contributed by atoms with Crippen LogP contribution < -0.4 is 5.32 Å². The van der Waals surface area contributed by atoms with Gasteiger partial charge in [-0.25, -0.2) is 0 Å². The van der Waals surface area contributed by atoms with E-state index in [2.05, 4.69) is 12.2 Å². The van der Waals surface area contributed by atoms with E-state index in [0.29, 0.717) is 6.04 Å². The van der Waals surface area contributed by atoms with Gasteiger partial charge in [0.2, 0.25) is 0 Å². The third-order valence-electron chi connectivity index (χ3n) is 3.29. The fraction of sp³-hybridized carbons (Fsp3) is 0.538. The molecule has 92 valence electrons. The molecule has 0 radical (unpaired) electrons. The summed E-state index contributed by atoms with van der Waals surface area (Å²) >= 11 is 0. The van der Waals surface area contributed by atoms with Crippen molar-refractivity contribution in [2.75, 3.05) is 5.32 Å². The number of anilines is 1. The molecule has 0 heterocycles. The highest BCUT2D eigenvalue weighted by Crippen LogP contribution is 2.34. The molecule has 17 heavy (non-hydrogen) atoms. The van der Waals surface area contributed by atoms with Crippen LogP contribution in [0.5, 0.6) is 0 Å². The molecule has 1 N–H and O–H groups in total. The van der Waals surface area contributed by atoms with Crippen LogP contribution in [-0.4, -0.2) is 11.0 Å². The summed E-state index contributed by atoms with van der Waals surface area (Å²) in [6.45, 7) is 3.93. The molecule has 1 fully saturated rings. The first kappa shape index (κ1) is 11.9. The Hall–Kier alpha value is -1.58. The normalized spacial score (nSPS) is 16.6. The summed E-state index contributed by atoms with van der Waals surface area (Å²) < 4.78 is 0. The molecule has 0 aromatic heterocycles. The number of hydrogen-bond donors (Lipinski definition) is 1. The van der Waals surface area contributed by atoms with Gasteiger partial charge in [0.1, 0.15) is 0 Å². The number of nitro groups is 1. The van der Waals surface area contributed by atoms with Crippen molar-refractivity contribution in [3.05, 3.63) is 33.9 Å². The molecule has 1 aliphatic carbocycles. The summed E-state index contributed by atoms with van der Waals surface area (Å²) in [7, 11) is 0. The van der Waals surface area contributed by atoms with Crippen LogP contribution in [0.4, 0.5) is 11.4 Å². The van der Waals surface area contributed by atoms with Crippen LogP contribution in [0.1, 0.15) is 31.7 Å². The average Bonchev–Trinajstić information content (AvgIpc) is 3.04. The number of benzene rings is 1. The number of nitro benzene ring substituents is 1. The largest absolute Gasteiger partial charge is 0.382 e. The van der Waals surface area contributed by atoms with Gasteiger partial charge in [-0.3, -0.25) is 10.1 Å². The smallest absolute Gasteiger partial charge is 0.274 e. The molecule has 0 aliphatic heterocycles. The third-order valence-corrected chi connectivity index (χ3v) is 3.29. The minimum Gasteiger partial charge on any atom is -0.382 e. The quantitative estimate of drug-likeness (QED) is 0.626. The number of nitrogens with zero attached hydrogens (tertiary/aromatic N) is 1. The molecule has 1 saturated carbocycles. The van der Waals surface area contributed by atoms with Crippen LogP contribution in [-0.2, 0) is 0 Å². The Morgan fingerprint density at radius 2 is 2.24 bits per heavy atom. The molecule has 1 unspecified atom stereocenters. The first-order valence-corrected chi connectivity index (χ1v) is 6.08. The lowest BCUT2D eigenvalue weighted by Gasteiger charge is -2.16. The highest BCUT2D eigenvalue weighted by molar-refractivity contribution is 5.60. The molecule has 1 aromatic carbocycles. The van der Waals surface area contributed by atoms with E-state index in [1.165, 1.54) is 12.8 Å². The fourth-order valence-corrected chi connectivity index (χ4v) is 2.16. The summed E-state index contributed by atoms with van der Waals surface area (Å²) in [5.74, 6) is 0.858. The standard InChI is InChI=1S/C13H18N2O2/c1-9(8-11-6-7-11)14-12-4-3-5-13(10(12)2)15(16)17/h3-5,9,11,14H,6-8H2,1-2H3. The van der Waals surface area contributed by atoms with Crippen molar-refractivity contribution in [1.29, 1.82) is 0 Å². The van der Waals surface area contributed by atoms with E-state index in [9.17, 15) is 10.1 Å². The summed E-state index contributed by atoms with van der Waals surface area (Å²) in [6.07, 6.45) is 3.82. The van der Waals surface area contributed by atoms with Gasteiger partial charge in [0.25, 0.3) is 5.69 Å². The average molecular weight is 234 g/mol. The number of hydrogen-bond acceptors (Lipinski definition) is 3. The van der Waals surface area contributed by atoms with Crippen molar-refractivity contribution in [1.82, 2.24) is 0 Å². The van der Waals surface area contributed by atoms with Gasteiger partial charge in [-0.05, 0) is 32.3 Å². The second-order valence-corrected chi connectivity index (χ2v) is 4.93. The van der Waals surface area contributed by atoms with Gasteiger partial charge >= 0.3 is 0 Å². The predicted octanol–water partition coefficient (Wildman–Crippen LogP) is 3.50.